The minimum Gasteiger partial charge on any atom is -0.294 e. The molecule has 0 atom stereocenters. The summed E-state index contributed by atoms with van der Waals surface area (Å²) in [7, 11) is -3.55. The van der Waals surface area contributed by atoms with Crippen LogP contribution in [-0.4, -0.2) is 14.2 Å². The van der Waals surface area contributed by atoms with Gasteiger partial charge in [-0.15, -0.1) is 11.3 Å². The molecule has 1 N–H and O–H groups in total. The Kier molecular flexibility index (Phi) is 3.59. The molecule has 1 heterocycles. The Hall–Kier alpha value is -1.66. The van der Waals surface area contributed by atoms with E-state index >= 15 is 0 Å². The summed E-state index contributed by atoms with van der Waals surface area (Å²) in [4.78, 5) is 12.8. The minimum atomic E-state index is -3.55. The highest BCUT2D eigenvalue weighted by Gasteiger charge is 2.30. The van der Waals surface area contributed by atoms with Crippen LogP contribution in [0.1, 0.15) is 28.1 Å². The molecule has 110 valence electrons. The molecular formula is C15H15NO3S2. The van der Waals surface area contributed by atoms with Crippen LogP contribution in [0, 0.1) is 12.8 Å². The third kappa shape index (κ3) is 3.16. The van der Waals surface area contributed by atoms with Crippen molar-refractivity contribution in [3.8, 4) is 0 Å². The molecule has 1 aromatic heterocycles. The molecular weight excluding hydrogens is 306 g/mol. The maximum Gasteiger partial charge on any atom is 0.271 e. The Morgan fingerprint density at radius 3 is 2.33 bits per heavy atom. The highest BCUT2D eigenvalue weighted by atomic mass is 32.2. The molecule has 21 heavy (non-hydrogen) atoms. The largest absolute Gasteiger partial charge is 0.294 e. The van der Waals surface area contributed by atoms with Crippen LogP contribution in [0.25, 0.3) is 0 Å². The van der Waals surface area contributed by atoms with Crippen LogP contribution < -0.4 is 4.72 Å². The van der Waals surface area contributed by atoms with Crippen LogP contribution in [0.5, 0.6) is 0 Å². The normalized spacial score (nSPS) is 14.9. The van der Waals surface area contributed by atoms with Crippen molar-refractivity contribution in [3.63, 3.8) is 0 Å². The van der Waals surface area contributed by atoms with Gasteiger partial charge in [-0.3, -0.25) is 9.52 Å². The molecule has 0 aliphatic heterocycles. The van der Waals surface area contributed by atoms with Crippen molar-refractivity contribution in [1.82, 2.24) is 0 Å². The number of hydrogen-bond donors (Lipinski definition) is 1. The molecule has 0 bridgehead atoms. The predicted molar refractivity (Wildman–Crippen MR) is 83.4 cm³/mol. The Morgan fingerprint density at radius 2 is 1.81 bits per heavy atom. The zero-order valence-corrected chi connectivity index (χ0v) is 13.1. The fourth-order valence-corrected chi connectivity index (χ4v) is 4.39. The Bertz CT molecular complexity index is 772. The van der Waals surface area contributed by atoms with Crippen LogP contribution in [0.2, 0.25) is 0 Å². The summed E-state index contributed by atoms with van der Waals surface area (Å²) >= 11 is 1.23. The van der Waals surface area contributed by atoms with E-state index in [4.69, 9.17) is 0 Å². The Morgan fingerprint density at radius 1 is 1.14 bits per heavy atom. The van der Waals surface area contributed by atoms with Gasteiger partial charge in [0.1, 0.15) is 4.21 Å². The van der Waals surface area contributed by atoms with E-state index in [1.54, 1.807) is 36.4 Å². The minimum absolute atomic E-state index is 0.151. The van der Waals surface area contributed by atoms with Crippen LogP contribution in [0.3, 0.4) is 0 Å². The number of aryl methyl sites for hydroxylation is 1. The second kappa shape index (κ2) is 5.27. The third-order valence-corrected chi connectivity index (χ3v) is 6.22. The molecule has 4 nitrogen and oxygen atoms in total. The lowest BCUT2D eigenvalue weighted by atomic mass is 10.1. The van der Waals surface area contributed by atoms with E-state index in [2.05, 4.69) is 4.72 Å². The highest BCUT2D eigenvalue weighted by molar-refractivity contribution is 7.94. The zero-order valence-electron chi connectivity index (χ0n) is 11.5. The number of hydrogen-bond acceptors (Lipinski definition) is 4. The maximum atomic E-state index is 12.2. The van der Waals surface area contributed by atoms with Gasteiger partial charge in [-0.2, -0.15) is 0 Å². The average Bonchev–Trinajstić information content (AvgIpc) is 3.20. The lowest BCUT2D eigenvalue weighted by molar-refractivity contribution is 0.0967. The van der Waals surface area contributed by atoms with Crippen molar-refractivity contribution in [3.05, 3.63) is 46.8 Å². The molecule has 1 aromatic carbocycles. The number of nitrogens with one attached hydrogen (secondary N) is 1. The molecule has 6 heteroatoms. The van der Waals surface area contributed by atoms with Gasteiger partial charge >= 0.3 is 0 Å². The van der Waals surface area contributed by atoms with E-state index in [1.807, 2.05) is 6.92 Å². The van der Waals surface area contributed by atoms with Crippen molar-refractivity contribution in [1.29, 1.82) is 0 Å². The molecule has 3 rings (SSSR count). The molecule has 0 saturated heterocycles. The number of thiophene rings is 1. The second-order valence-electron chi connectivity index (χ2n) is 5.19. The summed E-state index contributed by atoms with van der Waals surface area (Å²) in [5, 5.41) is 0. The first kappa shape index (κ1) is 14.3. The second-order valence-corrected chi connectivity index (χ2v) is 8.38. The first-order chi connectivity index (χ1) is 9.95. The highest BCUT2D eigenvalue weighted by Crippen LogP contribution is 2.33. The van der Waals surface area contributed by atoms with Gasteiger partial charge < -0.3 is 0 Å². The van der Waals surface area contributed by atoms with E-state index in [0.29, 0.717) is 11.3 Å². The fraction of sp³-hybridized carbons (Fsp3) is 0.267. The summed E-state index contributed by atoms with van der Waals surface area (Å²) in [6.07, 6.45) is 1.93. The Labute approximate surface area is 127 Å². The predicted octanol–water partition coefficient (Wildman–Crippen LogP) is 3.45. The van der Waals surface area contributed by atoms with Gasteiger partial charge in [-0.05, 0) is 56.2 Å². The number of benzene rings is 1. The molecule has 0 unspecified atom stereocenters. The molecule has 1 fully saturated rings. The van der Waals surface area contributed by atoms with Crippen molar-refractivity contribution in [2.24, 2.45) is 5.92 Å². The monoisotopic (exact) mass is 321 g/mol. The van der Waals surface area contributed by atoms with Crippen molar-refractivity contribution >= 4 is 32.8 Å². The number of ketones is 1. The lowest BCUT2D eigenvalue weighted by Gasteiger charge is -2.07. The molecule has 2 aromatic rings. The number of carbonyl (C=O) groups is 1. The van der Waals surface area contributed by atoms with E-state index in [1.165, 1.54) is 11.3 Å². The van der Waals surface area contributed by atoms with Crippen LogP contribution >= 0.6 is 11.3 Å². The van der Waals surface area contributed by atoms with Gasteiger partial charge in [0.2, 0.25) is 0 Å². The Balaban J connectivity index is 1.77. The molecule has 0 amide bonds. The van der Waals surface area contributed by atoms with E-state index in [0.717, 1.165) is 17.7 Å². The molecule has 0 radical (unpaired) electrons. The van der Waals surface area contributed by atoms with Crippen LogP contribution in [0.15, 0.2) is 40.6 Å². The van der Waals surface area contributed by atoms with Gasteiger partial charge in [0.25, 0.3) is 10.0 Å². The SMILES string of the molecule is Cc1ccc(S(=O)(=O)Nc2ccc(C(=O)C3CC3)cc2)s1. The number of carbonyl (C=O) groups excluding carboxylic acids is 1. The van der Waals surface area contributed by atoms with Gasteiger partial charge in [-0.25, -0.2) is 8.42 Å². The van der Waals surface area contributed by atoms with Crippen molar-refractivity contribution < 1.29 is 13.2 Å². The number of anilines is 1. The lowest BCUT2D eigenvalue weighted by Crippen LogP contribution is -2.11. The van der Waals surface area contributed by atoms with E-state index in [-0.39, 0.29) is 15.9 Å². The smallest absolute Gasteiger partial charge is 0.271 e. The van der Waals surface area contributed by atoms with Gasteiger partial charge in [0.05, 0.1) is 0 Å². The van der Waals surface area contributed by atoms with Gasteiger partial charge in [0.15, 0.2) is 5.78 Å². The quantitative estimate of drug-likeness (QED) is 0.858. The fourth-order valence-electron chi connectivity index (χ4n) is 2.05. The summed E-state index contributed by atoms with van der Waals surface area (Å²) in [6.45, 7) is 1.86. The summed E-state index contributed by atoms with van der Waals surface area (Å²) in [5.74, 6) is 0.319. The molecule has 0 spiro atoms. The number of sulfonamides is 1. The van der Waals surface area contributed by atoms with Crippen molar-refractivity contribution in [2.45, 2.75) is 24.0 Å². The van der Waals surface area contributed by atoms with Crippen LogP contribution in [0.4, 0.5) is 5.69 Å². The number of rotatable bonds is 5. The third-order valence-electron chi connectivity index (χ3n) is 3.35. The van der Waals surface area contributed by atoms with E-state index in [9.17, 15) is 13.2 Å². The summed E-state index contributed by atoms with van der Waals surface area (Å²) in [5.41, 5.74) is 1.11. The topological polar surface area (TPSA) is 63.2 Å². The average molecular weight is 321 g/mol. The molecule has 1 aliphatic rings. The summed E-state index contributed by atoms with van der Waals surface area (Å²) in [6, 6.07) is 9.99. The zero-order chi connectivity index (χ0) is 15.0. The first-order valence-electron chi connectivity index (χ1n) is 6.69. The number of Topliss-reactive ketones (excluding diaryl/α,β-unsaturated/α-hetero) is 1. The van der Waals surface area contributed by atoms with Gasteiger partial charge in [-0.1, -0.05) is 0 Å². The van der Waals surface area contributed by atoms with E-state index < -0.39 is 10.0 Å². The maximum absolute atomic E-state index is 12.2. The van der Waals surface area contributed by atoms with Crippen molar-refractivity contribution in [2.75, 3.05) is 4.72 Å². The van der Waals surface area contributed by atoms with Gasteiger partial charge in [0, 0.05) is 22.0 Å². The summed E-state index contributed by atoms with van der Waals surface area (Å²) < 4.78 is 27.2. The first-order valence-corrected chi connectivity index (χ1v) is 8.99. The standard InChI is InChI=1S/C15H15NO3S2/c1-10-2-9-14(20-10)21(18,19)16-13-7-5-12(6-8-13)15(17)11-3-4-11/h2,5-9,11,16H,3-4H2,1H3. The molecule has 1 saturated carbocycles. The molecule has 1 aliphatic carbocycles. The van der Waals surface area contributed by atoms with Crippen LogP contribution in [-0.2, 0) is 10.0 Å².